The summed E-state index contributed by atoms with van der Waals surface area (Å²) in [5, 5.41) is 0. The zero-order chi connectivity index (χ0) is 13.0. The number of rotatable bonds is 4. The van der Waals surface area contributed by atoms with E-state index >= 15 is 0 Å². The van der Waals surface area contributed by atoms with Crippen molar-refractivity contribution in [3.05, 3.63) is 0 Å². The molecule has 0 N–H and O–H groups in total. The van der Waals surface area contributed by atoms with Crippen LogP contribution >= 0.6 is 12.6 Å². The minimum Gasteiger partial charge on any atom is -0.381 e. The maximum atomic E-state index is 5.60. The van der Waals surface area contributed by atoms with Crippen LogP contribution in [0.25, 0.3) is 0 Å². The van der Waals surface area contributed by atoms with Crippen LogP contribution < -0.4 is 0 Å². The van der Waals surface area contributed by atoms with Crippen LogP contribution in [0.1, 0.15) is 26.2 Å². The summed E-state index contributed by atoms with van der Waals surface area (Å²) in [6.45, 7) is 7.54. The molecule has 2 rings (SSSR count). The number of piperidine rings is 1. The van der Waals surface area contributed by atoms with E-state index in [0.717, 1.165) is 44.9 Å². The van der Waals surface area contributed by atoms with Crippen molar-refractivity contribution in [2.24, 2.45) is 11.3 Å². The van der Waals surface area contributed by atoms with Crippen LogP contribution in [0.2, 0.25) is 0 Å². The molecule has 2 fully saturated rings. The standard InChI is InChI=1S/C14H27NO2S/c1-12-3-6-15(9-13(12)16-2)10-14(11-18)4-7-17-8-5-14/h12-13,18H,3-11H2,1-2H3. The molecule has 0 aromatic rings. The lowest BCUT2D eigenvalue weighted by Gasteiger charge is -2.44. The van der Waals surface area contributed by atoms with E-state index in [-0.39, 0.29) is 0 Å². The first kappa shape index (κ1) is 14.6. The summed E-state index contributed by atoms with van der Waals surface area (Å²) < 4.78 is 11.1. The van der Waals surface area contributed by atoms with Gasteiger partial charge in [0.2, 0.25) is 0 Å². The van der Waals surface area contributed by atoms with Crippen molar-refractivity contribution in [3.63, 3.8) is 0 Å². The van der Waals surface area contributed by atoms with Crippen molar-refractivity contribution in [1.82, 2.24) is 4.90 Å². The zero-order valence-electron chi connectivity index (χ0n) is 11.7. The molecule has 0 aliphatic carbocycles. The highest BCUT2D eigenvalue weighted by atomic mass is 32.1. The van der Waals surface area contributed by atoms with Crippen molar-refractivity contribution in [3.8, 4) is 0 Å². The molecule has 4 heteroatoms. The predicted molar refractivity (Wildman–Crippen MR) is 77.4 cm³/mol. The van der Waals surface area contributed by atoms with Crippen molar-refractivity contribution in [2.45, 2.75) is 32.3 Å². The largest absolute Gasteiger partial charge is 0.381 e. The molecule has 0 saturated carbocycles. The fourth-order valence-electron chi connectivity index (χ4n) is 3.19. The van der Waals surface area contributed by atoms with Gasteiger partial charge >= 0.3 is 0 Å². The second-order valence-electron chi connectivity index (χ2n) is 6.05. The smallest absolute Gasteiger partial charge is 0.0724 e. The van der Waals surface area contributed by atoms with Gasteiger partial charge in [-0.25, -0.2) is 0 Å². The maximum Gasteiger partial charge on any atom is 0.0724 e. The third-order valence-electron chi connectivity index (χ3n) is 4.72. The monoisotopic (exact) mass is 273 g/mol. The number of hydrogen-bond donors (Lipinski definition) is 1. The zero-order valence-corrected chi connectivity index (χ0v) is 12.6. The van der Waals surface area contributed by atoms with Crippen molar-refractivity contribution in [1.29, 1.82) is 0 Å². The Morgan fingerprint density at radius 2 is 2.11 bits per heavy atom. The minimum atomic E-state index is 0.361. The molecule has 0 aromatic heterocycles. The summed E-state index contributed by atoms with van der Waals surface area (Å²) in [7, 11) is 1.84. The molecule has 0 spiro atoms. The van der Waals surface area contributed by atoms with Crippen LogP contribution in [0.15, 0.2) is 0 Å². The Balaban J connectivity index is 1.91. The average Bonchev–Trinajstić information content (AvgIpc) is 2.42. The molecule has 2 aliphatic heterocycles. The molecule has 0 aromatic carbocycles. The van der Waals surface area contributed by atoms with E-state index in [2.05, 4.69) is 24.5 Å². The van der Waals surface area contributed by atoms with Crippen molar-refractivity contribution in [2.75, 3.05) is 45.7 Å². The Morgan fingerprint density at radius 3 is 2.72 bits per heavy atom. The summed E-state index contributed by atoms with van der Waals surface area (Å²) in [5.41, 5.74) is 0.361. The van der Waals surface area contributed by atoms with Crippen LogP contribution in [-0.2, 0) is 9.47 Å². The molecular formula is C14H27NO2S. The second-order valence-corrected chi connectivity index (χ2v) is 6.36. The van der Waals surface area contributed by atoms with E-state index in [1.807, 2.05) is 7.11 Å². The molecule has 2 saturated heterocycles. The molecule has 0 bridgehead atoms. The fraction of sp³-hybridized carbons (Fsp3) is 1.00. The molecule has 0 amide bonds. The minimum absolute atomic E-state index is 0.361. The highest BCUT2D eigenvalue weighted by Gasteiger charge is 2.35. The summed E-state index contributed by atoms with van der Waals surface area (Å²) in [6.07, 6.45) is 3.95. The van der Waals surface area contributed by atoms with Gasteiger partial charge in [0.05, 0.1) is 6.10 Å². The highest BCUT2D eigenvalue weighted by molar-refractivity contribution is 7.80. The van der Waals surface area contributed by atoms with Gasteiger partial charge in [0.1, 0.15) is 0 Å². The predicted octanol–water partition coefficient (Wildman–Crippen LogP) is 2.07. The van der Waals surface area contributed by atoms with Gasteiger partial charge in [-0.2, -0.15) is 12.6 Å². The molecule has 18 heavy (non-hydrogen) atoms. The van der Waals surface area contributed by atoms with Gasteiger partial charge in [-0.3, -0.25) is 0 Å². The van der Waals surface area contributed by atoms with E-state index in [0.29, 0.717) is 17.4 Å². The fourth-order valence-corrected chi connectivity index (χ4v) is 3.61. The van der Waals surface area contributed by atoms with Crippen molar-refractivity contribution < 1.29 is 9.47 Å². The Hall–Kier alpha value is 0.230. The van der Waals surface area contributed by atoms with Gasteiger partial charge in [0, 0.05) is 33.4 Å². The van der Waals surface area contributed by atoms with Gasteiger partial charge in [-0.1, -0.05) is 6.92 Å². The summed E-state index contributed by atoms with van der Waals surface area (Å²) in [4.78, 5) is 2.58. The quantitative estimate of drug-likeness (QED) is 0.793. The molecule has 2 atom stereocenters. The van der Waals surface area contributed by atoms with E-state index in [1.54, 1.807) is 0 Å². The van der Waals surface area contributed by atoms with E-state index in [4.69, 9.17) is 9.47 Å². The Bertz CT molecular complexity index is 256. The average molecular weight is 273 g/mol. The Morgan fingerprint density at radius 1 is 1.39 bits per heavy atom. The maximum absolute atomic E-state index is 5.60. The SMILES string of the molecule is COC1CN(CC2(CS)CCOCC2)CCC1C. The third kappa shape index (κ3) is 3.41. The molecule has 2 unspecified atom stereocenters. The number of hydrogen-bond acceptors (Lipinski definition) is 4. The second kappa shape index (κ2) is 6.60. The number of nitrogens with zero attached hydrogens (tertiary/aromatic N) is 1. The van der Waals surface area contributed by atoms with Crippen LogP contribution in [0.5, 0.6) is 0 Å². The lowest BCUT2D eigenvalue weighted by Crippen LogP contribution is -2.50. The van der Waals surface area contributed by atoms with Gasteiger partial charge in [-0.15, -0.1) is 0 Å². The van der Waals surface area contributed by atoms with E-state index < -0.39 is 0 Å². The number of thiol groups is 1. The summed E-state index contributed by atoms with van der Waals surface area (Å²) >= 11 is 4.60. The Labute approximate surface area is 117 Å². The van der Waals surface area contributed by atoms with Crippen molar-refractivity contribution >= 4 is 12.6 Å². The lowest BCUT2D eigenvalue weighted by molar-refractivity contribution is -0.0362. The van der Waals surface area contributed by atoms with Crippen LogP contribution in [-0.4, -0.2) is 56.7 Å². The molecule has 0 radical (unpaired) electrons. The first-order valence-electron chi connectivity index (χ1n) is 7.13. The summed E-state index contributed by atoms with van der Waals surface area (Å²) in [6, 6.07) is 0. The molecule has 3 nitrogen and oxygen atoms in total. The number of ether oxygens (including phenoxy) is 2. The topological polar surface area (TPSA) is 21.7 Å². The molecule has 2 aliphatic rings. The molecular weight excluding hydrogens is 246 g/mol. The van der Waals surface area contributed by atoms with Gasteiger partial charge in [-0.05, 0) is 42.9 Å². The summed E-state index contributed by atoms with van der Waals surface area (Å²) in [5.74, 6) is 1.66. The molecule has 106 valence electrons. The first-order chi connectivity index (χ1) is 8.69. The highest BCUT2D eigenvalue weighted by Crippen LogP contribution is 2.34. The van der Waals surface area contributed by atoms with Gasteiger partial charge in [0.25, 0.3) is 0 Å². The van der Waals surface area contributed by atoms with E-state index in [9.17, 15) is 0 Å². The van der Waals surface area contributed by atoms with E-state index in [1.165, 1.54) is 13.0 Å². The first-order valence-corrected chi connectivity index (χ1v) is 7.76. The molecule has 2 heterocycles. The van der Waals surface area contributed by atoms with Crippen LogP contribution in [0.4, 0.5) is 0 Å². The van der Waals surface area contributed by atoms with Gasteiger partial charge in [0.15, 0.2) is 0 Å². The van der Waals surface area contributed by atoms with Gasteiger partial charge < -0.3 is 14.4 Å². The third-order valence-corrected chi connectivity index (χ3v) is 5.39. The number of methoxy groups -OCH3 is 1. The lowest BCUT2D eigenvalue weighted by atomic mass is 9.80. The van der Waals surface area contributed by atoms with Crippen LogP contribution in [0.3, 0.4) is 0 Å². The Kier molecular flexibility index (Phi) is 5.36. The van der Waals surface area contributed by atoms with Crippen LogP contribution in [0, 0.1) is 11.3 Å². The number of likely N-dealkylation sites (tertiary alicyclic amines) is 1. The normalized spacial score (nSPS) is 33.5.